The van der Waals surface area contributed by atoms with E-state index >= 15 is 0 Å². The Balaban J connectivity index is 2.07. The maximum absolute atomic E-state index is 12.8. The van der Waals surface area contributed by atoms with Crippen LogP contribution in [0.1, 0.15) is 18.1 Å². The van der Waals surface area contributed by atoms with Gasteiger partial charge in [-0.15, -0.1) is 0 Å². The number of aliphatic imine (C=N–C) groups is 1. The van der Waals surface area contributed by atoms with E-state index in [1.54, 1.807) is 62.6 Å². The summed E-state index contributed by atoms with van der Waals surface area (Å²) in [5.41, 5.74) is 7.43. The van der Waals surface area contributed by atoms with Gasteiger partial charge in [0.05, 0.1) is 24.0 Å². The van der Waals surface area contributed by atoms with E-state index in [9.17, 15) is 15.2 Å². The van der Waals surface area contributed by atoms with Crippen molar-refractivity contribution in [1.82, 2.24) is 4.98 Å². The molecule has 33 heavy (non-hydrogen) atoms. The lowest BCUT2D eigenvalue weighted by Crippen LogP contribution is -2.07. The molecule has 164 valence electrons. The topological polar surface area (TPSA) is 135 Å². The van der Waals surface area contributed by atoms with Gasteiger partial charge in [0.2, 0.25) is 0 Å². The number of benzene rings is 2. The summed E-state index contributed by atoms with van der Waals surface area (Å²) in [6.07, 6.45) is 0. The van der Waals surface area contributed by atoms with Crippen molar-refractivity contribution in [2.24, 2.45) is 10.7 Å². The van der Waals surface area contributed by atoms with Crippen molar-refractivity contribution in [3.05, 3.63) is 70.1 Å². The lowest BCUT2D eigenvalue weighted by molar-refractivity contribution is 0.415. The predicted octanol–water partition coefficient (Wildman–Crippen LogP) is 4.42. The number of nitrogens with two attached hydrogens (primary N) is 1. The zero-order valence-corrected chi connectivity index (χ0v) is 18.2. The highest BCUT2D eigenvalue weighted by molar-refractivity contribution is 5.92. The highest BCUT2D eigenvalue weighted by Gasteiger charge is 2.22. The number of nitriles is 1. The molecule has 2 aromatic carbocycles. The highest BCUT2D eigenvalue weighted by Crippen LogP contribution is 2.38. The molecule has 4 aromatic rings. The van der Waals surface area contributed by atoms with Gasteiger partial charge in [0.15, 0.2) is 5.82 Å². The summed E-state index contributed by atoms with van der Waals surface area (Å²) in [5, 5.41) is 21.2. The van der Waals surface area contributed by atoms with Crippen molar-refractivity contribution in [3.8, 4) is 40.0 Å². The van der Waals surface area contributed by atoms with Gasteiger partial charge in [0, 0.05) is 5.56 Å². The molecule has 0 saturated heterocycles. The Hall–Kier alpha value is -4.64. The summed E-state index contributed by atoms with van der Waals surface area (Å²) in [4.78, 5) is 21.4. The number of aromatic nitrogens is 1. The number of hydrogen-bond acceptors (Lipinski definition) is 7. The van der Waals surface area contributed by atoms with E-state index in [0.717, 1.165) is 5.56 Å². The van der Waals surface area contributed by atoms with Crippen LogP contribution in [0.2, 0.25) is 0 Å². The summed E-state index contributed by atoms with van der Waals surface area (Å²) < 4.78 is 10.6. The van der Waals surface area contributed by atoms with Crippen LogP contribution in [0, 0.1) is 18.3 Å². The fraction of sp³-hybridized carbons (Fsp3) is 0.120. The lowest BCUT2D eigenvalue weighted by atomic mass is 9.98. The number of pyridine rings is 1. The summed E-state index contributed by atoms with van der Waals surface area (Å²) in [5.74, 6) is 0.596. The van der Waals surface area contributed by atoms with Gasteiger partial charge < -0.3 is 20.0 Å². The second kappa shape index (κ2) is 8.48. The van der Waals surface area contributed by atoms with Gasteiger partial charge in [-0.2, -0.15) is 5.26 Å². The lowest BCUT2D eigenvalue weighted by Gasteiger charge is -2.12. The summed E-state index contributed by atoms with van der Waals surface area (Å²) in [7, 11) is 1.56. The number of aromatic hydroxyl groups is 1. The van der Waals surface area contributed by atoms with Crippen molar-refractivity contribution in [1.29, 1.82) is 5.26 Å². The minimum Gasteiger partial charge on any atom is -0.506 e. The Bertz CT molecular complexity index is 1510. The molecule has 0 aliphatic rings. The Morgan fingerprint density at radius 3 is 2.58 bits per heavy atom. The van der Waals surface area contributed by atoms with Crippen LogP contribution in [0.5, 0.6) is 11.5 Å². The van der Waals surface area contributed by atoms with Crippen molar-refractivity contribution in [3.63, 3.8) is 0 Å². The maximum Gasteiger partial charge on any atom is 0.349 e. The quantitative estimate of drug-likeness (QED) is 0.272. The van der Waals surface area contributed by atoms with E-state index in [1.807, 2.05) is 6.92 Å². The number of aryl methyl sites for hydroxylation is 1. The molecule has 0 saturated carbocycles. The molecular weight excluding hydrogens is 420 g/mol. The average Bonchev–Trinajstić information content (AvgIpc) is 2.79. The van der Waals surface area contributed by atoms with Crippen LogP contribution in [0.3, 0.4) is 0 Å². The van der Waals surface area contributed by atoms with Gasteiger partial charge in [-0.25, -0.2) is 14.8 Å². The predicted molar refractivity (Wildman–Crippen MR) is 126 cm³/mol. The van der Waals surface area contributed by atoms with Crippen molar-refractivity contribution < 1.29 is 14.3 Å². The molecule has 0 amide bonds. The van der Waals surface area contributed by atoms with E-state index in [0.29, 0.717) is 22.3 Å². The molecule has 0 unspecified atom stereocenters. The molecule has 3 N–H and O–H groups in total. The molecule has 2 aromatic heterocycles. The standard InChI is InChI=1S/C25H20N4O4/c1-13-4-9-21-18(10-13)23(30)22(25(31)33-21)20-11-17(15-5-7-16(32-3)8-6-15)19(12-26)24(29-20)28-14(2)27/h4-11,30H,1-3H3,(H2,27,28,29). The zero-order valence-electron chi connectivity index (χ0n) is 18.2. The third kappa shape index (κ3) is 4.00. The van der Waals surface area contributed by atoms with Crippen LogP contribution < -0.4 is 16.1 Å². The fourth-order valence-corrected chi connectivity index (χ4v) is 3.54. The fourth-order valence-electron chi connectivity index (χ4n) is 3.54. The van der Waals surface area contributed by atoms with Gasteiger partial charge in [-0.3, -0.25) is 0 Å². The number of rotatable bonds is 4. The monoisotopic (exact) mass is 440 g/mol. The molecule has 0 fully saturated rings. The Kier molecular flexibility index (Phi) is 5.54. The van der Waals surface area contributed by atoms with Crippen LogP contribution in [0.15, 0.2) is 62.7 Å². The minimum absolute atomic E-state index is 0.0314. The average molecular weight is 440 g/mol. The molecule has 0 radical (unpaired) electrons. The van der Waals surface area contributed by atoms with Gasteiger partial charge >= 0.3 is 5.63 Å². The van der Waals surface area contributed by atoms with Gasteiger partial charge in [-0.1, -0.05) is 23.8 Å². The maximum atomic E-state index is 12.8. The molecule has 4 rings (SSSR count). The molecule has 0 spiro atoms. The third-order valence-electron chi connectivity index (χ3n) is 5.09. The smallest absolute Gasteiger partial charge is 0.349 e. The number of nitrogens with zero attached hydrogens (tertiary/aromatic N) is 3. The first-order valence-electron chi connectivity index (χ1n) is 9.99. The van der Waals surface area contributed by atoms with Crippen LogP contribution in [-0.4, -0.2) is 23.0 Å². The van der Waals surface area contributed by atoms with Crippen molar-refractivity contribution in [2.75, 3.05) is 7.11 Å². The van der Waals surface area contributed by atoms with E-state index in [2.05, 4.69) is 16.0 Å². The second-order valence-corrected chi connectivity index (χ2v) is 7.46. The first-order valence-corrected chi connectivity index (χ1v) is 9.99. The van der Waals surface area contributed by atoms with Crippen molar-refractivity contribution >= 4 is 22.6 Å². The molecule has 0 aliphatic heterocycles. The summed E-state index contributed by atoms with van der Waals surface area (Å²) in [6.45, 7) is 3.43. The summed E-state index contributed by atoms with van der Waals surface area (Å²) in [6, 6.07) is 15.8. The highest BCUT2D eigenvalue weighted by atomic mass is 16.5. The number of amidine groups is 1. The second-order valence-electron chi connectivity index (χ2n) is 7.46. The molecule has 2 heterocycles. The van der Waals surface area contributed by atoms with Gasteiger partial charge in [0.25, 0.3) is 0 Å². The normalized spacial score (nSPS) is 11.4. The molecule has 8 nitrogen and oxygen atoms in total. The number of fused-ring (bicyclic) bond motifs is 1. The number of ether oxygens (including phenoxy) is 1. The Morgan fingerprint density at radius 2 is 1.94 bits per heavy atom. The minimum atomic E-state index is -0.763. The number of hydrogen-bond donors (Lipinski definition) is 2. The van der Waals surface area contributed by atoms with E-state index in [4.69, 9.17) is 14.9 Å². The van der Waals surface area contributed by atoms with Crippen LogP contribution in [-0.2, 0) is 0 Å². The van der Waals surface area contributed by atoms with Crippen LogP contribution >= 0.6 is 0 Å². The first-order chi connectivity index (χ1) is 15.8. The van der Waals surface area contributed by atoms with E-state index < -0.39 is 5.63 Å². The SMILES string of the molecule is COc1ccc(-c2cc(-c3c(O)c4cc(C)ccc4oc3=O)nc(/N=C(\C)N)c2C#N)cc1. The van der Waals surface area contributed by atoms with E-state index in [-0.39, 0.29) is 39.8 Å². The van der Waals surface area contributed by atoms with Crippen LogP contribution in [0.25, 0.3) is 33.4 Å². The Morgan fingerprint density at radius 1 is 1.21 bits per heavy atom. The molecular formula is C25H20N4O4. The van der Waals surface area contributed by atoms with Gasteiger partial charge in [0.1, 0.15) is 34.3 Å². The van der Waals surface area contributed by atoms with Crippen LogP contribution in [0.4, 0.5) is 5.82 Å². The summed E-state index contributed by atoms with van der Waals surface area (Å²) >= 11 is 0. The first kappa shape index (κ1) is 21.6. The third-order valence-corrected chi connectivity index (χ3v) is 5.09. The molecule has 0 bridgehead atoms. The number of methoxy groups -OCH3 is 1. The molecule has 0 aliphatic carbocycles. The largest absolute Gasteiger partial charge is 0.506 e. The zero-order chi connectivity index (χ0) is 23.7. The molecule has 0 atom stereocenters. The van der Waals surface area contributed by atoms with Crippen molar-refractivity contribution in [2.45, 2.75) is 13.8 Å². The van der Waals surface area contributed by atoms with Gasteiger partial charge in [-0.05, 0) is 49.7 Å². The Labute approximate surface area is 189 Å². The molecule has 8 heteroatoms. The van der Waals surface area contributed by atoms with E-state index in [1.165, 1.54) is 0 Å².